The second-order valence-corrected chi connectivity index (χ2v) is 5.40. The van der Waals surface area contributed by atoms with Crippen molar-refractivity contribution in [2.24, 2.45) is 0 Å². The summed E-state index contributed by atoms with van der Waals surface area (Å²) >= 11 is 1.56. The maximum atomic E-state index is 11.8. The lowest BCUT2D eigenvalue weighted by molar-refractivity contribution is -0.148. The molecule has 1 saturated carbocycles. The van der Waals surface area contributed by atoms with E-state index in [-0.39, 0.29) is 6.04 Å². The fourth-order valence-electron chi connectivity index (χ4n) is 1.98. The maximum absolute atomic E-state index is 11.8. The number of carbonyl (C=O) groups is 2. The number of hydrogen-bond acceptors (Lipinski definition) is 3. The summed E-state index contributed by atoms with van der Waals surface area (Å²) < 4.78 is 0. The summed E-state index contributed by atoms with van der Waals surface area (Å²) in [6.07, 6.45) is 1.85. The van der Waals surface area contributed by atoms with Gasteiger partial charge in [-0.2, -0.15) is 11.3 Å². The summed E-state index contributed by atoms with van der Waals surface area (Å²) in [7, 11) is 0. The quantitative estimate of drug-likeness (QED) is 0.782. The van der Waals surface area contributed by atoms with Crippen LogP contribution in [0.2, 0.25) is 0 Å². The Morgan fingerprint density at radius 1 is 1.50 bits per heavy atom. The number of urea groups is 1. The Morgan fingerprint density at radius 2 is 2.22 bits per heavy atom. The highest BCUT2D eigenvalue weighted by Gasteiger charge is 2.45. The maximum Gasteiger partial charge on any atom is 0.329 e. The molecule has 0 saturated heterocycles. The number of amides is 2. The first kappa shape index (κ1) is 12.9. The van der Waals surface area contributed by atoms with Crippen LogP contribution in [0.4, 0.5) is 4.79 Å². The zero-order chi connectivity index (χ0) is 13.2. The van der Waals surface area contributed by atoms with Gasteiger partial charge in [-0.15, -0.1) is 0 Å². The van der Waals surface area contributed by atoms with Crippen LogP contribution in [0.15, 0.2) is 16.8 Å². The first-order chi connectivity index (χ1) is 8.53. The lowest BCUT2D eigenvalue weighted by Gasteiger charge is -2.38. The van der Waals surface area contributed by atoms with Crippen molar-refractivity contribution in [3.05, 3.63) is 22.4 Å². The van der Waals surface area contributed by atoms with Gasteiger partial charge < -0.3 is 15.7 Å². The Hall–Kier alpha value is -1.56. The third-order valence-corrected chi connectivity index (χ3v) is 4.06. The largest absolute Gasteiger partial charge is 0.480 e. The van der Waals surface area contributed by atoms with Crippen molar-refractivity contribution in [2.45, 2.75) is 37.8 Å². The zero-order valence-electron chi connectivity index (χ0n) is 10.1. The van der Waals surface area contributed by atoms with Crippen molar-refractivity contribution in [1.82, 2.24) is 10.6 Å². The molecule has 18 heavy (non-hydrogen) atoms. The Morgan fingerprint density at radius 3 is 2.67 bits per heavy atom. The highest BCUT2D eigenvalue weighted by atomic mass is 32.1. The van der Waals surface area contributed by atoms with Crippen LogP contribution in [0.3, 0.4) is 0 Å². The minimum atomic E-state index is -1.06. The predicted octanol–water partition coefficient (Wildman–Crippen LogP) is 2.12. The Bertz CT molecular complexity index is 440. The molecular weight excluding hydrogens is 252 g/mol. The van der Waals surface area contributed by atoms with Gasteiger partial charge in [-0.1, -0.05) is 0 Å². The average molecular weight is 268 g/mol. The molecule has 3 N–H and O–H groups in total. The molecule has 1 fully saturated rings. The van der Waals surface area contributed by atoms with Crippen LogP contribution < -0.4 is 10.6 Å². The zero-order valence-corrected chi connectivity index (χ0v) is 10.9. The van der Waals surface area contributed by atoms with E-state index in [0.717, 1.165) is 12.0 Å². The van der Waals surface area contributed by atoms with E-state index >= 15 is 0 Å². The molecule has 0 spiro atoms. The fraction of sp³-hybridized carbons (Fsp3) is 0.500. The van der Waals surface area contributed by atoms with Gasteiger partial charge in [0.2, 0.25) is 0 Å². The van der Waals surface area contributed by atoms with Crippen LogP contribution in [-0.4, -0.2) is 22.6 Å². The predicted molar refractivity (Wildman–Crippen MR) is 68.6 cm³/mol. The number of aliphatic carboxylic acids is 1. The van der Waals surface area contributed by atoms with E-state index in [4.69, 9.17) is 5.11 Å². The molecule has 1 unspecified atom stereocenters. The molecule has 2 rings (SSSR count). The van der Waals surface area contributed by atoms with Crippen LogP contribution in [0, 0.1) is 0 Å². The van der Waals surface area contributed by atoms with Crippen molar-refractivity contribution < 1.29 is 14.7 Å². The van der Waals surface area contributed by atoms with E-state index in [0.29, 0.717) is 12.8 Å². The van der Waals surface area contributed by atoms with Gasteiger partial charge in [-0.3, -0.25) is 0 Å². The average Bonchev–Trinajstić information content (AvgIpc) is 2.76. The van der Waals surface area contributed by atoms with Crippen LogP contribution >= 0.6 is 11.3 Å². The molecule has 0 radical (unpaired) electrons. The fourth-order valence-corrected chi connectivity index (χ4v) is 2.73. The van der Waals surface area contributed by atoms with Gasteiger partial charge >= 0.3 is 12.0 Å². The summed E-state index contributed by atoms with van der Waals surface area (Å²) in [5, 5.41) is 18.3. The number of hydrogen-bond donors (Lipinski definition) is 3. The lowest BCUT2D eigenvalue weighted by Crippen LogP contribution is -2.61. The third kappa shape index (κ3) is 2.48. The summed E-state index contributed by atoms with van der Waals surface area (Å²) in [4.78, 5) is 22.9. The third-order valence-electron chi connectivity index (χ3n) is 3.36. The van der Waals surface area contributed by atoms with Gasteiger partial charge in [0, 0.05) is 0 Å². The van der Waals surface area contributed by atoms with Gasteiger partial charge in [0.25, 0.3) is 0 Å². The first-order valence-electron chi connectivity index (χ1n) is 5.88. The minimum Gasteiger partial charge on any atom is -0.480 e. The van der Waals surface area contributed by atoms with Crippen molar-refractivity contribution >= 4 is 23.3 Å². The molecule has 1 aliphatic rings. The second kappa shape index (κ2) is 4.97. The van der Waals surface area contributed by atoms with E-state index in [2.05, 4.69) is 10.6 Å². The topological polar surface area (TPSA) is 78.4 Å². The van der Waals surface area contributed by atoms with Gasteiger partial charge in [0.15, 0.2) is 0 Å². The Labute approximate surface area is 109 Å². The van der Waals surface area contributed by atoms with Crippen molar-refractivity contribution in [3.63, 3.8) is 0 Å². The molecule has 1 atom stereocenters. The molecule has 6 heteroatoms. The van der Waals surface area contributed by atoms with Crippen LogP contribution in [0.25, 0.3) is 0 Å². The molecule has 2 amide bonds. The number of carbonyl (C=O) groups excluding carboxylic acids is 1. The van der Waals surface area contributed by atoms with E-state index in [9.17, 15) is 9.59 Å². The van der Waals surface area contributed by atoms with Crippen LogP contribution in [-0.2, 0) is 4.79 Å². The molecule has 1 aromatic rings. The normalized spacial score (nSPS) is 18.5. The summed E-state index contributed by atoms with van der Waals surface area (Å²) in [6, 6.07) is 1.39. The van der Waals surface area contributed by atoms with Gasteiger partial charge in [-0.05, 0) is 48.6 Å². The van der Waals surface area contributed by atoms with E-state index < -0.39 is 17.5 Å². The van der Waals surface area contributed by atoms with E-state index in [1.807, 2.05) is 23.8 Å². The number of carboxylic acids is 1. The van der Waals surface area contributed by atoms with E-state index in [1.165, 1.54) is 0 Å². The molecule has 0 aliphatic heterocycles. The standard InChI is InChI=1S/C12H16N2O3S/c1-8(9-3-6-18-7-9)13-11(17)14-12(10(15)16)4-2-5-12/h3,6-8H,2,4-5H2,1H3,(H,15,16)(H2,13,14,17). The number of carboxylic acid groups (broad SMARTS) is 1. The monoisotopic (exact) mass is 268 g/mol. The van der Waals surface area contributed by atoms with E-state index in [1.54, 1.807) is 11.3 Å². The second-order valence-electron chi connectivity index (χ2n) is 4.62. The molecule has 1 heterocycles. The van der Waals surface area contributed by atoms with Crippen molar-refractivity contribution in [2.75, 3.05) is 0 Å². The molecular formula is C12H16N2O3S. The molecule has 0 bridgehead atoms. The van der Waals surface area contributed by atoms with Gasteiger partial charge in [0.1, 0.15) is 5.54 Å². The number of thiophene rings is 1. The molecule has 1 aromatic heterocycles. The summed E-state index contributed by atoms with van der Waals surface area (Å²) in [5.41, 5.74) is -0.0357. The Balaban J connectivity index is 1.91. The summed E-state index contributed by atoms with van der Waals surface area (Å²) in [5.74, 6) is -0.952. The van der Waals surface area contributed by atoms with Crippen molar-refractivity contribution in [1.29, 1.82) is 0 Å². The van der Waals surface area contributed by atoms with Crippen LogP contribution in [0.1, 0.15) is 37.8 Å². The molecule has 98 valence electrons. The minimum absolute atomic E-state index is 0.123. The number of nitrogens with one attached hydrogen (secondary N) is 2. The summed E-state index contributed by atoms with van der Waals surface area (Å²) in [6.45, 7) is 1.87. The lowest BCUT2D eigenvalue weighted by atomic mass is 9.77. The molecule has 0 aromatic carbocycles. The van der Waals surface area contributed by atoms with Crippen molar-refractivity contribution in [3.8, 4) is 0 Å². The Kier molecular flexibility index (Phi) is 3.56. The van der Waals surface area contributed by atoms with Crippen LogP contribution in [0.5, 0.6) is 0 Å². The highest BCUT2D eigenvalue weighted by Crippen LogP contribution is 2.32. The molecule has 5 nitrogen and oxygen atoms in total. The first-order valence-corrected chi connectivity index (χ1v) is 6.82. The van der Waals surface area contributed by atoms with Gasteiger partial charge in [-0.25, -0.2) is 9.59 Å². The molecule has 1 aliphatic carbocycles. The number of rotatable bonds is 4. The SMILES string of the molecule is CC(NC(=O)NC1(C(=O)O)CCC1)c1ccsc1. The van der Waals surface area contributed by atoms with Gasteiger partial charge in [0.05, 0.1) is 6.04 Å². The smallest absolute Gasteiger partial charge is 0.329 e. The highest BCUT2D eigenvalue weighted by molar-refractivity contribution is 7.07.